The largest absolute Gasteiger partial charge is 0.505 e. The van der Waals surface area contributed by atoms with Gasteiger partial charge in [0.2, 0.25) is 0 Å². The number of phenols is 1. The molecule has 5 N–H and O–H groups in total. The summed E-state index contributed by atoms with van der Waals surface area (Å²) < 4.78 is 62.6. The topological polar surface area (TPSA) is 155 Å². The van der Waals surface area contributed by atoms with E-state index in [1.54, 1.807) is 0 Å². The van der Waals surface area contributed by atoms with E-state index in [0.717, 1.165) is 24.3 Å². The fourth-order valence-electron chi connectivity index (χ4n) is 1.75. The van der Waals surface area contributed by atoms with Crippen LogP contribution in [0.3, 0.4) is 0 Å². The van der Waals surface area contributed by atoms with E-state index in [1.165, 1.54) is 0 Å². The molecule has 0 unspecified atom stereocenters. The second-order valence-electron chi connectivity index (χ2n) is 3.97. The van der Waals surface area contributed by atoms with Crippen LogP contribution in [0.15, 0.2) is 34.1 Å². The van der Waals surface area contributed by atoms with Crippen LogP contribution in [0.25, 0.3) is 10.8 Å². The lowest BCUT2D eigenvalue weighted by atomic mass is 10.1. The van der Waals surface area contributed by atoms with E-state index in [0.29, 0.717) is 0 Å². The molecule has 108 valence electrons. The number of aromatic hydroxyl groups is 1. The second-order valence-corrected chi connectivity index (χ2v) is 6.78. The van der Waals surface area contributed by atoms with Crippen molar-refractivity contribution in [3.05, 3.63) is 24.3 Å². The van der Waals surface area contributed by atoms with Crippen LogP contribution in [0, 0.1) is 0 Å². The van der Waals surface area contributed by atoms with Gasteiger partial charge >= 0.3 is 0 Å². The van der Waals surface area contributed by atoms with Crippen molar-refractivity contribution in [2.45, 2.75) is 9.79 Å². The van der Waals surface area contributed by atoms with Gasteiger partial charge < -0.3 is 10.8 Å². The van der Waals surface area contributed by atoms with E-state index in [9.17, 15) is 21.9 Å². The summed E-state index contributed by atoms with van der Waals surface area (Å²) in [5, 5.41) is 9.40. The standard InChI is InChI=1S/C10H9NO7S2/c11-8-4-9(20(16,17)18)6-2-1-5(19(13,14)15)3-7(6)10(8)12/h1-4,12H,11H2,(H,13,14,15)(H,16,17,18). The molecule has 0 bridgehead atoms. The molecule has 0 fully saturated rings. The lowest BCUT2D eigenvalue weighted by molar-refractivity contribution is 0.481. The Bertz CT molecular complexity index is 916. The first-order valence-corrected chi connectivity index (χ1v) is 7.90. The summed E-state index contributed by atoms with van der Waals surface area (Å²) in [5.41, 5.74) is 5.04. The summed E-state index contributed by atoms with van der Waals surface area (Å²) in [6.45, 7) is 0. The molecule has 0 aliphatic heterocycles. The van der Waals surface area contributed by atoms with Crippen molar-refractivity contribution >= 4 is 36.7 Å². The molecule has 2 rings (SSSR count). The Labute approximate surface area is 114 Å². The van der Waals surface area contributed by atoms with Gasteiger partial charge in [-0.25, -0.2) is 0 Å². The van der Waals surface area contributed by atoms with Crippen LogP contribution in [-0.4, -0.2) is 31.0 Å². The van der Waals surface area contributed by atoms with E-state index in [1.807, 2.05) is 0 Å². The molecule has 0 atom stereocenters. The van der Waals surface area contributed by atoms with Crippen LogP contribution in [0.4, 0.5) is 5.69 Å². The van der Waals surface area contributed by atoms with E-state index >= 15 is 0 Å². The van der Waals surface area contributed by atoms with Crippen LogP contribution >= 0.6 is 0 Å². The third-order valence-electron chi connectivity index (χ3n) is 2.65. The Morgan fingerprint density at radius 1 is 0.900 bits per heavy atom. The number of nitrogens with two attached hydrogens (primary N) is 1. The van der Waals surface area contributed by atoms with Gasteiger partial charge in [-0.05, 0) is 18.2 Å². The zero-order valence-corrected chi connectivity index (χ0v) is 11.3. The second kappa shape index (κ2) is 4.31. The van der Waals surface area contributed by atoms with Gasteiger partial charge in [-0.15, -0.1) is 0 Å². The number of rotatable bonds is 2. The Morgan fingerprint density at radius 2 is 1.50 bits per heavy atom. The summed E-state index contributed by atoms with van der Waals surface area (Å²) in [5.74, 6) is -0.557. The zero-order valence-electron chi connectivity index (χ0n) is 9.68. The maximum atomic E-state index is 11.2. The molecule has 0 heterocycles. The SMILES string of the molecule is Nc1cc(S(=O)(=O)O)c2ccc(S(=O)(=O)O)cc2c1O. The van der Waals surface area contributed by atoms with Gasteiger partial charge in [0, 0.05) is 10.8 Å². The minimum atomic E-state index is -4.62. The molecule has 0 saturated heterocycles. The molecule has 0 aliphatic rings. The van der Waals surface area contributed by atoms with Crippen molar-refractivity contribution < 1.29 is 31.0 Å². The Morgan fingerprint density at radius 3 is 2.00 bits per heavy atom. The van der Waals surface area contributed by atoms with Gasteiger partial charge in [-0.1, -0.05) is 6.07 Å². The van der Waals surface area contributed by atoms with Gasteiger partial charge in [-0.2, -0.15) is 16.8 Å². The minimum Gasteiger partial charge on any atom is -0.505 e. The maximum absolute atomic E-state index is 11.2. The molecule has 0 amide bonds. The predicted octanol–water partition coefficient (Wildman–Crippen LogP) is 0.621. The van der Waals surface area contributed by atoms with Crippen LogP contribution in [0.1, 0.15) is 0 Å². The van der Waals surface area contributed by atoms with E-state index in [-0.39, 0.29) is 16.5 Å². The average molecular weight is 319 g/mol. The smallest absolute Gasteiger partial charge is 0.295 e. The lowest BCUT2D eigenvalue weighted by Gasteiger charge is -2.09. The fourth-order valence-corrected chi connectivity index (χ4v) is 2.99. The molecule has 2 aromatic carbocycles. The van der Waals surface area contributed by atoms with Crippen molar-refractivity contribution in [3.63, 3.8) is 0 Å². The normalized spacial score (nSPS) is 12.7. The Balaban J connectivity index is 3.01. The van der Waals surface area contributed by atoms with E-state index in [2.05, 4.69) is 0 Å². The highest BCUT2D eigenvalue weighted by Crippen LogP contribution is 2.36. The third-order valence-corrected chi connectivity index (χ3v) is 4.39. The number of phenolic OH excluding ortho intramolecular Hbond substituents is 1. The monoisotopic (exact) mass is 319 g/mol. The minimum absolute atomic E-state index is 0.133. The highest BCUT2D eigenvalue weighted by Gasteiger charge is 2.20. The first-order valence-electron chi connectivity index (χ1n) is 5.02. The van der Waals surface area contributed by atoms with Gasteiger partial charge in [0.15, 0.2) is 0 Å². The summed E-state index contributed by atoms with van der Waals surface area (Å²) in [6, 6.07) is 3.66. The fraction of sp³-hybridized carbons (Fsp3) is 0. The molecule has 0 radical (unpaired) electrons. The van der Waals surface area contributed by atoms with Crippen molar-refractivity contribution in [1.29, 1.82) is 0 Å². The molecule has 0 aromatic heterocycles. The zero-order chi connectivity index (χ0) is 15.3. The average Bonchev–Trinajstić information content (AvgIpc) is 2.30. The molecular formula is C10H9NO7S2. The number of fused-ring (bicyclic) bond motifs is 1. The van der Waals surface area contributed by atoms with Crippen LogP contribution in [-0.2, 0) is 20.2 Å². The lowest BCUT2D eigenvalue weighted by Crippen LogP contribution is -2.03. The number of benzene rings is 2. The number of hydrogen-bond donors (Lipinski definition) is 4. The number of anilines is 1. The summed E-state index contributed by atoms with van der Waals surface area (Å²) in [6.07, 6.45) is 0. The summed E-state index contributed by atoms with van der Waals surface area (Å²) in [4.78, 5) is -1.13. The first-order chi connectivity index (χ1) is 9.01. The molecular weight excluding hydrogens is 310 g/mol. The van der Waals surface area contributed by atoms with E-state index in [4.69, 9.17) is 14.8 Å². The first kappa shape index (κ1) is 14.5. The van der Waals surface area contributed by atoms with E-state index < -0.39 is 35.8 Å². The quantitative estimate of drug-likeness (QED) is 0.356. The molecule has 2 aromatic rings. The molecule has 20 heavy (non-hydrogen) atoms. The highest BCUT2D eigenvalue weighted by molar-refractivity contribution is 7.86. The van der Waals surface area contributed by atoms with Gasteiger partial charge in [0.1, 0.15) is 10.6 Å². The van der Waals surface area contributed by atoms with Crippen molar-refractivity contribution in [2.24, 2.45) is 0 Å². The number of nitrogen functional groups attached to an aromatic ring is 1. The van der Waals surface area contributed by atoms with Gasteiger partial charge in [-0.3, -0.25) is 9.11 Å². The Hall–Kier alpha value is -1.88. The highest BCUT2D eigenvalue weighted by atomic mass is 32.2. The maximum Gasteiger partial charge on any atom is 0.295 e. The summed E-state index contributed by atoms with van der Waals surface area (Å²) in [7, 11) is -9.16. The Kier molecular flexibility index (Phi) is 3.13. The van der Waals surface area contributed by atoms with Crippen LogP contribution in [0.2, 0.25) is 0 Å². The number of hydrogen-bond acceptors (Lipinski definition) is 6. The molecule has 0 aliphatic carbocycles. The molecule has 8 nitrogen and oxygen atoms in total. The summed E-state index contributed by atoms with van der Waals surface area (Å²) >= 11 is 0. The van der Waals surface area contributed by atoms with Crippen molar-refractivity contribution in [1.82, 2.24) is 0 Å². The molecule has 10 heteroatoms. The van der Waals surface area contributed by atoms with Gasteiger partial charge in [0.25, 0.3) is 20.2 Å². The van der Waals surface area contributed by atoms with Crippen molar-refractivity contribution in [2.75, 3.05) is 5.73 Å². The third kappa shape index (κ3) is 2.41. The molecule has 0 spiro atoms. The van der Waals surface area contributed by atoms with Crippen molar-refractivity contribution in [3.8, 4) is 5.75 Å². The van der Waals surface area contributed by atoms with Crippen LogP contribution in [0.5, 0.6) is 5.75 Å². The van der Waals surface area contributed by atoms with Crippen LogP contribution < -0.4 is 5.73 Å². The molecule has 0 saturated carbocycles. The predicted molar refractivity (Wildman–Crippen MR) is 69.7 cm³/mol. The van der Waals surface area contributed by atoms with Gasteiger partial charge in [0.05, 0.1) is 10.6 Å².